The second-order valence-corrected chi connectivity index (χ2v) is 37.6. The quantitative estimate of drug-likeness (QED) is 0.0188. The Kier molecular flexibility index (Phi) is 22.5. The summed E-state index contributed by atoms with van der Waals surface area (Å²) >= 11 is 0. The number of carbonyl (C=O) groups excluding carboxylic acids is 8. The van der Waals surface area contributed by atoms with E-state index in [4.69, 9.17) is 37.3 Å². The summed E-state index contributed by atoms with van der Waals surface area (Å²) in [6, 6.07) is 50.9. The van der Waals surface area contributed by atoms with E-state index in [1.807, 2.05) is 149 Å². The van der Waals surface area contributed by atoms with E-state index in [1.165, 1.54) is 0 Å². The lowest BCUT2D eigenvalue weighted by Crippen LogP contribution is -2.47. The number of nitrogens with zero attached hydrogens (tertiary/aromatic N) is 2. The van der Waals surface area contributed by atoms with Crippen LogP contribution in [0.1, 0.15) is 253 Å². The van der Waals surface area contributed by atoms with Gasteiger partial charge in [-0.15, -0.1) is 0 Å². The van der Waals surface area contributed by atoms with Crippen molar-refractivity contribution in [2.45, 2.75) is 208 Å². The first-order chi connectivity index (χ1) is 63.3. The predicted octanol–water partition coefficient (Wildman–Crippen LogP) is 26.2. The van der Waals surface area contributed by atoms with Crippen LogP contribution in [0.3, 0.4) is 0 Å². The maximum atomic E-state index is 17.5. The molecule has 6 atom stereocenters. The van der Waals surface area contributed by atoms with Crippen LogP contribution >= 0.6 is 0 Å². The molecule has 2 saturated carbocycles. The summed E-state index contributed by atoms with van der Waals surface area (Å²) in [5.41, 5.74) is 9.41. The Hall–Kier alpha value is -14.4. The molecular weight excluding hydrogens is 1660 g/mol. The van der Waals surface area contributed by atoms with E-state index in [0.717, 1.165) is 42.8 Å². The highest BCUT2D eigenvalue weighted by molar-refractivity contribution is 6.45. The minimum atomic E-state index is -1.81. The normalized spacial score (nSPS) is 16.9. The lowest BCUT2D eigenvalue weighted by Gasteiger charge is -2.37. The van der Waals surface area contributed by atoms with Crippen LogP contribution in [-0.4, -0.2) is 81.5 Å². The van der Waals surface area contributed by atoms with Crippen LogP contribution in [-0.2, 0) is 28.7 Å². The number of nitrogens with one attached hydrogen (secondary N) is 2. The van der Waals surface area contributed by atoms with Gasteiger partial charge in [-0.1, -0.05) is 178 Å². The fourth-order valence-corrected chi connectivity index (χ4v) is 19.8. The number of aryl methyl sites for hydroxylation is 4. The lowest BCUT2D eigenvalue weighted by molar-refractivity contribution is -0.157. The molecule has 4 aliphatic rings. The third-order valence-electron chi connectivity index (χ3n) is 27.0. The average Bonchev–Trinajstić information content (AvgIpc) is 0.766. The summed E-state index contributed by atoms with van der Waals surface area (Å²) in [5.74, 6) is -4.28. The highest BCUT2D eigenvalue weighted by Crippen LogP contribution is 2.60. The van der Waals surface area contributed by atoms with Gasteiger partial charge in [0.25, 0.3) is 23.6 Å². The summed E-state index contributed by atoms with van der Waals surface area (Å²) in [4.78, 5) is 131. The highest BCUT2D eigenvalue weighted by Gasteiger charge is 2.49. The minimum Gasteiger partial charge on any atom is -0.460 e. The van der Waals surface area contributed by atoms with E-state index < -0.39 is 71.9 Å². The lowest BCUT2D eigenvalue weighted by atomic mass is 9.80. The smallest absolute Gasteiger partial charge is 0.334 e. The van der Waals surface area contributed by atoms with Crippen LogP contribution in [0.15, 0.2) is 215 Å². The second-order valence-electron chi connectivity index (χ2n) is 37.6. The van der Waals surface area contributed by atoms with Crippen molar-refractivity contribution in [3.05, 3.63) is 284 Å². The summed E-state index contributed by atoms with van der Waals surface area (Å²) in [6.07, 6.45) is 2.03. The van der Waals surface area contributed by atoms with Crippen LogP contribution in [0.2, 0.25) is 0 Å². The Morgan fingerprint density at radius 3 is 0.917 bits per heavy atom. The van der Waals surface area contributed by atoms with Gasteiger partial charge in [0.15, 0.2) is 12.1 Å². The van der Waals surface area contributed by atoms with E-state index in [1.54, 1.807) is 74.5 Å². The largest absolute Gasteiger partial charge is 0.460 e. The first-order valence-electron chi connectivity index (χ1n) is 45.7. The third kappa shape index (κ3) is 15.4. The summed E-state index contributed by atoms with van der Waals surface area (Å²) in [6.45, 7) is 35.5. The van der Waals surface area contributed by atoms with E-state index in [2.05, 4.69) is 79.2 Å². The van der Waals surface area contributed by atoms with Crippen molar-refractivity contribution >= 4 is 134 Å². The number of furan rings is 2. The van der Waals surface area contributed by atoms with E-state index >= 15 is 28.8 Å². The molecule has 6 amide bonds. The zero-order chi connectivity index (χ0) is 92.6. The van der Waals surface area contributed by atoms with E-state index in [0.29, 0.717) is 128 Å². The van der Waals surface area contributed by atoms with Crippen LogP contribution in [0.5, 0.6) is 46.0 Å². The number of amides is 6. The molecule has 13 aromatic carbocycles. The topological polar surface area (TPSA) is 249 Å². The Labute approximate surface area is 764 Å². The fourth-order valence-electron chi connectivity index (χ4n) is 19.8. The maximum Gasteiger partial charge on any atom is 0.334 e. The first-order valence-corrected chi connectivity index (χ1v) is 45.7. The standard InChI is InChI=1S/C112H104N4O16/c1-55(2)65-33-39-83(61(13)43-65)127-91-51-79-95-80(108(120)115(107(79)119)103(69-31-37-77-75-27-17-19-29-87(75)131-89(77)47-69)111(123)125-73-25-21-23-71(49-73)113-105(117)59(9)10)53-93(129-85-41-35-67(57(5)6)45-63(85)15)99-100-94(130-86-42-36-68(58(7)8)46-64(86)16)54-82-96-81(52-92(98(102(96)100)97(91)101(95)99)128-84-40-34-66(56(3)4)44-62(84)14)109(121)116(110(82)122)104(70-32-38-78-76-28-18-20-30-88(76)132-90(78)48-70)112(124)126-74-26-22-24-72(50-74)114-106(118)60(11)12/h17-20,27-48,51-58,71-74,103-104H,9,11,21-26,49-50H2,1-8,10,12-16H3,(H,113,117)(H,114,118). The molecule has 15 aromatic rings. The van der Waals surface area contributed by atoms with E-state index in [-0.39, 0.29) is 148 Å². The van der Waals surface area contributed by atoms with Gasteiger partial charge >= 0.3 is 11.9 Å². The number of esters is 2. The number of ether oxygens (including phenoxy) is 6. The first kappa shape index (κ1) is 87.0. The number of hydrogen-bond donors (Lipinski definition) is 2. The monoisotopic (exact) mass is 1760 g/mol. The molecule has 2 N–H and O–H groups in total. The SMILES string of the molecule is C=C(C)C(=O)NC1CCCC(OC(=O)C(c2ccc3c(c2)oc2ccccc23)N2C(=O)c3cc(Oc4ccc(C(C)C)cc4C)c4c5c(Oc6ccc(C(C)C)cc6C)cc6c7c(cc(Oc8ccc(C(C)C)cc8C)c(c8c(Oc9ccc(C(C)C)cc9C)cc(c3c48)C2=O)c75)C(=O)N(C(C(=O)OC2CCCC(NC(=O)C(=C)C)C2)c2ccc3c(c2)oc2ccccc23)C6=O)C1. The molecule has 0 radical (unpaired) electrons. The number of carbonyl (C=O) groups is 8. The third-order valence-corrected chi connectivity index (χ3v) is 27.0. The van der Waals surface area contributed by atoms with Crippen molar-refractivity contribution in [2.75, 3.05) is 0 Å². The molecule has 20 nitrogen and oxygen atoms in total. The van der Waals surface area contributed by atoms with Crippen molar-refractivity contribution in [1.82, 2.24) is 20.4 Å². The molecule has 19 rings (SSSR count). The number of imide groups is 2. The van der Waals surface area contributed by atoms with Crippen LogP contribution < -0.4 is 29.6 Å². The van der Waals surface area contributed by atoms with E-state index in [9.17, 15) is 9.59 Å². The van der Waals surface area contributed by atoms with Gasteiger partial charge in [0.2, 0.25) is 11.8 Å². The van der Waals surface area contributed by atoms with Gasteiger partial charge in [-0.2, -0.15) is 0 Å². The van der Waals surface area contributed by atoms with Crippen LogP contribution in [0, 0.1) is 27.7 Å². The second kappa shape index (κ2) is 34.2. The Morgan fingerprint density at radius 2 is 0.629 bits per heavy atom. The predicted molar refractivity (Wildman–Crippen MR) is 513 cm³/mol. The molecule has 6 unspecified atom stereocenters. The molecule has 132 heavy (non-hydrogen) atoms. The molecule has 668 valence electrons. The van der Waals surface area contributed by atoms with Crippen molar-refractivity contribution in [3.8, 4) is 46.0 Å². The Morgan fingerprint density at radius 1 is 0.341 bits per heavy atom. The van der Waals surface area contributed by atoms with Gasteiger partial charge in [0.05, 0.1) is 22.3 Å². The molecule has 2 aliphatic carbocycles. The van der Waals surface area contributed by atoms with Gasteiger partial charge in [-0.3, -0.25) is 38.6 Å². The Balaban J connectivity index is 0.925. The summed E-state index contributed by atoms with van der Waals surface area (Å²) in [5, 5.41) is 10.8. The number of benzene rings is 13. The van der Waals surface area contributed by atoms with Gasteiger partial charge in [-0.05, 0) is 232 Å². The molecule has 2 fully saturated rings. The molecule has 0 saturated heterocycles. The highest BCUT2D eigenvalue weighted by atomic mass is 16.6. The summed E-state index contributed by atoms with van der Waals surface area (Å²) < 4.78 is 57.2. The molecule has 4 heterocycles. The number of hydrogen-bond acceptors (Lipinski definition) is 16. The minimum absolute atomic E-state index is 0.0314. The van der Waals surface area contributed by atoms with Crippen molar-refractivity contribution in [1.29, 1.82) is 0 Å². The molecule has 2 aliphatic heterocycles. The number of para-hydroxylation sites is 2. The van der Waals surface area contributed by atoms with Gasteiger partial charge in [-0.25, -0.2) is 9.59 Å². The Bertz CT molecular complexity index is 6760. The van der Waals surface area contributed by atoms with Gasteiger partial charge < -0.3 is 47.9 Å². The molecule has 20 heteroatoms. The zero-order valence-corrected chi connectivity index (χ0v) is 76.6. The van der Waals surface area contributed by atoms with Crippen molar-refractivity contribution < 1.29 is 75.6 Å². The van der Waals surface area contributed by atoms with Gasteiger partial charge in [0, 0.05) is 101 Å². The molecular formula is C112H104N4O16. The number of fused-ring (bicyclic) bond motifs is 8. The van der Waals surface area contributed by atoms with Crippen molar-refractivity contribution in [2.24, 2.45) is 0 Å². The fraction of sp³-hybridized carbons (Fsp3) is 0.286. The van der Waals surface area contributed by atoms with Crippen molar-refractivity contribution in [3.63, 3.8) is 0 Å². The molecule has 2 aromatic heterocycles. The number of rotatable bonds is 24. The maximum absolute atomic E-state index is 17.5. The zero-order valence-electron chi connectivity index (χ0n) is 76.6. The molecule has 0 bridgehead atoms. The van der Waals surface area contributed by atoms with Crippen LogP contribution in [0.4, 0.5) is 0 Å². The van der Waals surface area contributed by atoms with Crippen LogP contribution in [0.25, 0.3) is 87.0 Å². The van der Waals surface area contributed by atoms with Gasteiger partial charge in [0.1, 0.15) is 80.5 Å². The summed E-state index contributed by atoms with van der Waals surface area (Å²) in [7, 11) is 0. The molecule has 0 spiro atoms. The average molecular weight is 1760 g/mol.